The van der Waals surface area contributed by atoms with Gasteiger partial charge in [0, 0.05) is 11.8 Å². The lowest BCUT2D eigenvalue weighted by Gasteiger charge is -2.17. The van der Waals surface area contributed by atoms with Crippen LogP contribution in [0.5, 0.6) is 0 Å². The van der Waals surface area contributed by atoms with Crippen LogP contribution in [0.4, 0.5) is 4.79 Å². The fraction of sp³-hybridized carbons (Fsp3) is 0.240. The molecule has 4 nitrogen and oxygen atoms in total. The highest BCUT2D eigenvalue weighted by atomic mass is 16.5. The van der Waals surface area contributed by atoms with Crippen LogP contribution in [0, 0.1) is 0 Å². The molecule has 3 aromatic rings. The van der Waals surface area contributed by atoms with Gasteiger partial charge in [-0.2, -0.15) is 0 Å². The minimum absolute atomic E-state index is 0.0502. The number of aliphatic hydroxyl groups is 1. The van der Waals surface area contributed by atoms with E-state index in [1.807, 2.05) is 48.5 Å². The lowest BCUT2D eigenvalue weighted by atomic mass is 9.98. The average molecular weight is 385 g/mol. The predicted molar refractivity (Wildman–Crippen MR) is 112 cm³/mol. The first-order valence-electron chi connectivity index (χ1n) is 10.1. The maximum atomic E-state index is 12.6. The fourth-order valence-electron chi connectivity index (χ4n) is 4.83. The zero-order chi connectivity index (χ0) is 19.8. The summed E-state index contributed by atoms with van der Waals surface area (Å²) in [6, 6.07) is 24.5. The summed E-state index contributed by atoms with van der Waals surface area (Å²) in [5.41, 5.74) is 7.01. The molecule has 0 heterocycles. The van der Waals surface area contributed by atoms with Gasteiger partial charge in [-0.3, -0.25) is 0 Å². The van der Waals surface area contributed by atoms with Gasteiger partial charge in [0.15, 0.2) is 0 Å². The average Bonchev–Trinajstić information content (AvgIpc) is 3.28. The van der Waals surface area contributed by atoms with Gasteiger partial charge in [-0.25, -0.2) is 4.79 Å². The molecule has 0 aliphatic heterocycles. The number of alkyl carbamates (subject to hydrolysis) is 1. The van der Waals surface area contributed by atoms with Crippen LogP contribution >= 0.6 is 0 Å². The number of benzene rings is 3. The van der Waals surface area contributed by atoms with E-state index in [4.69, 9.17) is 4.74 Å². The molecule has 29 heavy (non-hydrogen) atoms. The van der Waals surface area contributed by atoms with Gasteiger partial charge >= 0.3 is 6.09 Å². The molecular weight excluding hydrogens is 362 g/mol. The number of nitrogens with one attached hydrogen (secondary N) is 1. The summed E-state index contributed by atoms with van der Waals surface area (Å²) in [4.78, 5) is 12.6. The number of ether oxygens (including phenoxy) is 1. The Labute approximate surface area is 170 Å². The largest absolute Gasteiger partial charge is 0.449 e. The second-order valence-corrected chi connectivity index (χ2v) is 7.77. The molecule has 0 radical (unpaired) electrons. The van der Waals surface area contributed by atoms with Gasteiger partial charge in [0.05, 0.1) is 12.6 Å². The number of carbonyl (C=O) groups excluding carboxylic acids is 1. The first-order valence-corrected chi connectivity index (χ1v) is 10.1. The molecule has 4 heteroatoms. The van der Waals surface area contributed by atoms with E-state index in [-0.39, 0.29) is 24.5 Å². The third-order valence-corrected chi connectivity index (χ3v) is 6.19. The summed E-state index contributed by atoms with van der Waals surface area (Å²) in [6.07, 6.45) is 0.283. The van der Waals surface area contributed by atoms with Crippen LogP contribution in [-0.2, 0) is 4.74 Å². The first kappa shape index (κ1) is 18.0. The Morgan fingerprint density at radius 1 is 0.862 bits per heavy atom. The van der Waals surface area contributed by atoms with Gasteiger partial charge in [0.1, 0.15) is 6.61 Å². The molecule has 0 spiro atoms. The van der Waals surface area contributed by atoms with Crippen molar-refractivity contribution in [2.75, 3.05) is 13.2 Å². The lowest BCUT2D eigenvalue weighted by molar-refractivity contribution is 0.138. The molecule has 3 aromatic carbocycles. The number of aliphatic hydroxyl groups excluding tert-OH is 1. The van der Waals surface area contributed by atoms with Crippen LogP contribution in [0.25, 0.3) is 11.1 Å². The molecule has 0 saturated carbocycles. The van der Waals surface area contributed by atoms with Crippen molar-refractivity contribution in [2.24, 2.45) is 0 Å². The standard InChI is InChI=1S/C25H23NO3/c27-14-16-13-24(22-12-6-1-7-17(16)22)26-25(28)29-15-23-20-10-4-2-8-18(20)19-9-3-5-11-21(19)23/h1-12,16,23-24,27H,13-15H2,(H,26,28)/t16-,24-/m0/s1. The van der Waals surface area contributed by atoms with Gasteiger partial charge in [-0.15, -0.1) is 0 Å². The summed E-state index contributed by atoms with van der Waals surface area (Å²) >= 11 is 0. The topological polar surface area (TPSA) is 58.6 Å². The molecule has 1 amide bonds. The van der Waals surface area contributed by atoms with Crippen LogP contribution in [0.15, 0.2) is 72.8 Å². The van der Waals surface area contributed by atoms with Gasteiger partial charge in [-0.1, -0.05) is 72.8 Å². The number of carbonyl (C=O) groups is 1. The van der Waals surface area contributed by atoms with Crippen LogP contribution in [0.1, 0.15) is 46.6 Å². The molecular formula is C25H23NO3. The van der Waals surface area contributed by atoms with E-state index in [1.165, 1.54) is 22.3 Å². The molecule has 0 saturated heterocycles. The van der Waals surface area contributed by atoms with Crippen molar-refractivity contribution in [1.29, 1.82) is 0 Å². The number of hydrogen-bond donors (Lipinski definition) is 2. The van der Waals surface area contributed by atoms with E-state index in [0.717, 1.165) is 11.1 Å². The van der Waals surface area contributed by atoms with Gasteiger partial charge in [0.25, 0.3) is 0 Å². The minimum atomic E-state index is -0.412. The Kier molecular flexibility index (Phi) is 4.57. The highest BCUT2D eigenvalue weighted by Crippen LogP contribution is 2.44. The highest BCUT2D eigenvalue weighted by molar-refractivity contribution is 5.79. The predicted octanol–water partition coefficient (Wildman–Crippen LogP) is 4.75. The van der Waals surface area contributed by atoms with Crippen molar-refractivity contribution < 1.29 is 14.6 Å². The second-order valence-electron chi connectivity index (χ2n) is 7.77. The van der Waals surface area contributed by atoms with Crippen molar-refractivity contribution in [3.8, 4) is 11.1 Å². The summed E-state index contributed by atoms with van der Waals surface area (Å²) in [6.45, 7) is 0.386. The summed E-state index contributed by atoms with van der Waals surface area (Å²) < 4.78 is 5.67. The first-order chi connectivity index (χ1) is 14.3. The summed E-state index contributed by atoms with van der Waals surface area (Å²) in [5, 5.41) is 12.7. The summed E-state index contributed by atoms with van der Waals surface area (Å²) in [5.74, 6) is 0.110. The molecule has 2 aliphatic carbocycles. The third kappa shape index (κ3) is 3.10. The number of hydrogen-bond acceptors (Lipinski definition) is 3. The Morgan fingerprint density at radius 2 is 1.41 bits per heavy atom. The van der Waals surface area contributed by atoms with E-state index in [9.17, 15) is 9.90 Å². The molecule has 5 rings (SSSR count). The van der Waals surface area contributed by atoms with Gasteiger partial charge < -0.3 is 15.2 Å². The second kappa shape index (κ2) is 7.37. The molecule has 2 aliphatic rings. The van der Waals surface area contributed by atoms with E-state index < -0.39 is 6.09 Å². The molecule has 2 atom stereocenters. The van der Waals surface area contributed by atoms with E-state index in [0.29, 0.717) is 13.0 Å². The number of rotatable bonds is 4. The minimum Gasteiger partial charge on any atom is -0.449 e. The Morgan fingerprint density at radius 3 is 2.03 bits per heavy atom. The molecule has 2 N–H and O–H groups in total. The smallest absolute Gasteiger partial charge is 0.407 e. The zero-order valence-electron chi connectivity index (χ0n) is 16.0. The molecule has 0 aromatic heterocycles. The van der Waals surface area contributed by atoms with Crippen molar-refractivity contribution in [3.63, 3.8) is 0 Å². The lowest BCUT2D eigenvalue weighted by Crippen LogP contribution is -2.29. The van der Waals surface area contributed by atoms with Crippen molar-refractivity contribution in [2.45, 2.75) is 24.3 Å². The van der Waals surface area contributed by atoms with Gasteiger partial charge in [-0.05, 0) is 39.8 Å². The molecule has 146 valence electrons. The monoisotopic (exact) mass is 385 g/mol. The van der Waals surface area contributed by atoms with Crippen LogP contribution in [-0.4, -0.2) is 24.4 Å². The van der Waals surface area contributed by atoms with Crippen LogP contribution in [0.2, 0.25) is 0 Å². The Balaban J connectivity index is 1.30. The molecule has 0 fully saturated rings. The van der Waals surface area contributed by atoms with Crippen LogP contribution < -0.4 is 5.32 Å². The van der Waals surface area contributed by atoms with Crippen LogP contribution in [0.3, 0.4) is 0 Å². The third-order valence-electron chi connectivity index (χ3n) is 6.19. The Bertz CT molecular complexity index is 1020. The SMILES string of the molecule is O=C(N[C@H]1C[C@@H](CO)c2ccccc21)OCC1c2ccccc2-c2ccccc21. The highest BCUT2D eigenvalue weighted by Gasteiger charge is 2.32. The molecule has 0 unspecified atom stereocenters. The fourth-order valence-corrected chi connectivity index (χ4v) is 4.83. The normalized spacial score (nSPS) is 19.3. The summed E-state index contributed by atoms with van der Waals surface area (Å²) in [7, 11) is 0. The maximum absolute atomic E-state index is 12.6. The Hall–Kier alpha value is -3.11. The van der Waals surface area contributed by atoms with E-state index in [2.05, 4.69) is 29.6 Å². The van der Waals surface area contributed by atoms with Crippen molar-refractivity contribution in [1.82, 2.24) is 5.32 Å². The van der Waals surface area contributed by atoms with Crippen molar-refractivity contribution >= 4 is 6.09 Å². The zero-order valence-corrected chi connectivity index (χ0v) is 16.0. The van der Waals surface area contributed by atoms with Gasteiger partial charge in [0.2, 0.25) is 0 Å². The quantitative estimate of drug-likeness (QED) is 0.682. The molecule has 0 bridgehead atoms. The van der Waals surface area contributed by atoms with E-state index in [1.54, 1.807) is 0 Å². The number of fused-ring (bicyclic) bond motifs is 4. The maximum Gasteiger partial charge on any atom is 0.407 e. The number of amides is 1. The van der Waals surface area contributed by atoms with Crippen molar-refractivity contribution in [3.05, 3.63) is 95.1 Å². The van der Waals surface area contributed by atoms with E-state index >= 15 is 0 Å².